The van der Waals surface area contributed by atoms with Crippen molar-refractivity contribution >= 4 is 106 Å². The molecule has 18 N–H and O–H groups in total. The van der Waals surface area contributed by atoms with Crippen LogP contribution in [0.4, 0.5) is 22.7 Å². The van der Waals surface area contributed by atoms with Crippen molar-refractivity contribution in [1.29, 1.82) is 0 Å². The number of aliphatic hydroxyl groups excluding tert-OH is 1. The second kappa shape index (κ2) is 74.1. The van der Waals surface area contributed by atoms with Gasteiger partial charge in [-0.25, -0.2) is 38.5 Å². The van der Waals surface area contributed by atoms with E-state index in [1.165, 1.54) is 77.6 Å². The number of quaternary nitrogens is 3. The van der Waals surface area contributed by atoms with Crippen LogP contribution in [0.3, 0.4) is 0 Å². The van der Waals surface area contributed by atoms with E-state index >= 15 is 0 Å². The Balaban J connectivity index is -0.000000260. The fraction of sp³-hybridized carbons (Fsp3) is 0.390. The van der Waals surface area contributed by atoms with Crippen LogP contribution in [0.15, 0.2) is 190 Å². The summed E-state index contributed by atoms with van der Waals surface area (Å²) in [5, 5.41) is 18.5. The molecule has 120 heavy (non-hydrogen) atoms. The van der Waals surface area contributed by atoms with E-state index in [9.17, 15) is 71.8 Å². The zero-order chi connectivity index (χ0) is 88.6. The summed E-state index contributed by atoms with van der Waals surface area (Å²) in [6.45, 7) is 24.1. The monoisotopic (exact) mass is 1730 g/mol. The molecule has 0 aromatic heterocycles. The van der Waals surface area contributed by atoms with Gasteiger partial charge in [0.1, 0.15) is 19.5 Å². The summed E-state index contributed by atoms with van der Waals surface area (Å²) >= 11 is 0. The van der Waals surface area contributed by atoms with Crippen molar-refractivity contribution in [1.82, 2.24) is 18.5 Å². The molecule has 38 heteroatoms. The van der Waals surface area contributed by atoms with Crippen molar-refractivity contribution < 1.29 is 158 Å². The zero-order valence-electron chi connectivity index (χ0n) is 73.2. The number of nitrogens with one attached hydrogen (secondary N) is 3. The number of aldehydes is 1. The molecule has 34 nitrogen and oxygen atoms in total. The van der Waals surface area contributed by atoms with Gasteiger partial charge >= 0.3 is 77.3 Å². The molecule has 1 unspecified atom stereocenters. The average Bonchev–Trinajstić information content (AvgIpc) is 0.857. The first-order valence-corrected chi connectivity index (χ1v) is 38.8. The summed E-state index contributed by atoms with van der Waals surface area (Å²) in [5.74, 6) is -3.79. The van der Waals surface area contributed by atoms with Crippen LogP contribution in [-0.4, -0.2) is 148 Å². The van der Waals surface area contributed by atoms with Crippen LogP contribution in [0.25, 0.3) is 0 Å². The molecule has 0 saturated heterocycles. The number of hydrogen-bond acceptors (Lipinski definition) is 31. The number of ether oxygens (including phenoxy) is 6. The topological polar surface area (TPSA) is 567 Å². The van der Waals surface area contributed by atoms with Crippen LogP contribution in [0.5, 0.6) is 0 Å². The molecule has 0 bridgehead atoms. The van der Waals surface area contributed by atoms with E-state index in [0.29, 0.717) is 79.3 Å². The summed E-state index contributed by atoms with van der Waals surface area (Å²) in [5.41, 5.74) is 18.6. The Hall–Kier alpha value is -9.94. The van der Waals surface area contributed by atoms with E-state index in [0.717, 1.165) is 92.3 Å². The van der Waals surface area contributed by atoms with Gasteiger partial charge in [0, 0.05) is 77.0 Å². The molecule has 0 heterocycles. The number of anilines is 4. The largest absolute Gasteiger partial charge is 1.00 e. The molecule has 0 aliphatic rings. The Labute approximate surface area is 728 Å². The number of phosphoric acid groups is 2. The van der Waals surface area contributed by atoms with E-state index < -0.39 is 52.1 Å². The van der Waals surface area contributed by atoms with Gasteiger partial charge in [0.25, 0.3) is 7.82 Å². The first-order chi connectivity index (χ1) is 54.7. The molecule has 0 saturated carbocycles. The maximum Gasteiger partial charge on any atom is 1.00 e. The van der Waals surface area contributed by atoms with Crippen molar-refractivity contribution in [2.24, 2.45) is 0 Å². The van der Waals surface area contributed by atoms with Crippen LogP contribution < -0.4 is 84.4 Å². The molecular formula is C82H124BN7NaO27P2. The number of carbonyl (C=O) groups excluding carboxylic acids is 10. The molecule has 3 radical (unpaired) electrons. The third kappa shape index (κ3) is 68.9. The molecule has 4 aromatic rings. The first-order valence-electron chi connectivity index (χ1n) is 35.8. The molecule has 663 valence electrons. The van der Waals surface area contributed by atoms with Crippen LogP contribution >= 0.6 is 15.6 Å². The minimum Gasteiger partial charge on any atom is -0.793 e. The standard InChI is InChI=1S/C20H27NO4.C18H27NO9P2.C18H25NO3.C12H18O3.C8H9NO2.C4H6O4.C2H3BO2.3H3N.Na/c1-15(12-13-25-17(3)22)8-7-9-16(2)14-21-19-11-6-5-10-18(19)20(23)24-4;1-14(11-12-27-30(24,25)28-29(21,22)23)7-6-8-15(2)13-19-17-10-5-4-9-16(17)18(20)26-3;1-14(11-12-20)7-6-8-15(2)13-19-17-10-5-4-9-16(17)18(21)22-3;1-10(7-8-15-12(3)14)5-4-6-11(2)9-13;1-11-8(10)6-4-2-3-5-7(6)9;1-3(5)7-8-4(2)6;1-2(4)5-3;;;;/h5-6,9-12,21H,7-8,13-14H2,1-4H3;4-5,8-11,19H,6-7,12-13H2,1-3H3,(H,24,25)(H2,21,22,23);4-5,8-11,19-20H,6-7,12-13H2,1-3H3;6-7,9H,4-5,8H2,1-3H3;2-5H,9H2,1H3;1-2H3;1H3;3*1H3;/q;;;;;;-1;;;;+1/b15-12+,16-9+;2*14-11+,15-8+;10-7+,11-6+;;;;;;;. The molecule has 0 amide bonds. The van der Waals surface area contributed by atoms with E-state index in [2.05, 4.69) is 71.1 Å². The van der Waals surface area contributed by atoms with Crippen LogP contribution in [-0.2, 0) is 89.6 Å². The van der Waals surface area contributed by atoms with Gasteiger partial charge in [-0.15, -0.1) is 0 Å². The van der Waals surface area contributed by atoms with Gasteiger partial charge in [-0.2, -0.15) is 0 Å². The number of phosphoric ester groups is 1. The predicted molar refractivity (Wildman–Crippen MR) is 456 cm³/mol. The number of allylic oxidation sites excluding steroid dienone is 9. The van der Waals surface area contributed by atoms with E-state index in [1.807, 2.05) is 107 Å². The Bertz CT molecular complexity index is 4090. The third-order valence-corrected chi connectivity index (χ3v) is 16.6. The maximum atomic E-state index is 11.8. The van der Waals surface area contributed by atoms with E-state index in [1.54, 1.807) is 68.4 Å². The normalized spacial score (nSPS) is 11.6. The number of carbonyl (C=O) groups is 10. The minimum absolute atomic E-state index is 0. The predicted octanol–water partition coefficient (Wildman–Crippen LogP) is 10.8. The van der Waals surface area contributed by atoms with Crippen LogP contribution in [0.2, 0.25) is 0 Å². The van der Waals surface area contributed by atoms with Crippen molar-refractivity contribution in [3.8, 4) is 0 Å². The number of methoxy groups -OCH3 is 4. The maximum absolute atomic E-state index is 11.8. The first kappa shape index (κ1) is 123. The molecular weight excluding hydrogens is 1610 g/mol. The Morgan fingerprint density at radius 3 is 0.975 bits per heavy atom. The average molecular weight is 1740 g/mol. The minimum atomic E-state index is -5.68. The van der Waals surface area contributed by atoms with E-state index in [-0.39, 0.29) is 78.5 Å². The molecule has 0 spiro atoms. The number of para-hydroxylation sites is 4. The smallest absolute Gasteiger partial charge is 0.793 e. The number of aliphatic hydroxyl groups is 1. The Kier molecular flexibility index (Phi) is 76.2. The summed E-state index contributed by atoms with van der Waals surface area (Å²) in [4.78, 5) is 146. The van der Waals surface area contributed by atoms with Crippen LogP contribution in [0.1, 0.15) is 183 Å². The van der Waals surface area contributed by atoms with Gasteiger partial charge in [0.2, 0.25) is 5.97 Å². The van der Waals surface area contributed by atoms with E-state index in [4.69, 9.17) is 34.5 Å². The molecule has 0 aliphatic carbocycles. The van der Waals surface area contributed by atoms with Crippen molar-refractivity contribution in [2.75, 3.05) is 96.2 Å². The van der Waals surface area contributed by atoms with Gasteiger partial charge in [-0.05, 0) is 173 Å². The summed E-state index contributed by atoms with van der Waals surface area (Å²) < 4.78 is 61.2. The van der Waals surface area contributed by atoms with Gasteiger partial charge < -0.3 is 110 Å². The van der Waals surface area contributed by atoms with Gasteiger partial charge in [0.15, 0.2) is 0 Å². The second-order valence-electron chi connectivity index (χ2n) is 24.6. The Morgan fingerprint density at radius 1 is 0.417 bits per heavy atom. The number of hydrogen-bond donors (Lipinski definition) is 8. The summed E-state index contributed by atoms with van der Waals surface area (Å²) in [6.07, 6.45) is 22.8. The molecule has 1 atom stereocenters. The van der Waals surface area contributed by atoms with Crippen molar-refractivity contribution in [3.05, 3.63) is 213 Å². The summed E-state index contributed by atoms with van der Waals surface area (Å²) in [7, 11) is -1.15. The molecule has 0 aliphatic heterocycles. The molecule has 0 fully saturated rings. The fourth-order valence-electron chi connectivity index (χ4n) is 8.40. The van der Waals surface area contributed by atoms with Gasteiger partial charge in [-0.3, -0.25) is 28.1 Å². The Morgan fingerprint density at radius 2 is 0.700 bits per heavy atom. The fourth-order valence-corrected chi connectivity index (χ4v) is 9.83. The number of rotatable bonds is 36. The molecule has 4 aromatic carbocycles. The second-order valence-corrected chi connectivity index (χ2v) is 27.3. The summed E-state index contributed by atoms with van der Waals surface area (Å²) in [6, 6.07) is 28.4. The van der Waals surface area contributed by atoms with Gasteiger partial charge in [-0.1, -0.05) is 124 Å². The SMILES string of the molecule is CC(=O)OC/C=C(\C)CC/C=C(\C)C=O.CC(=O)OOC(C)=O.COC(=O)c1ccccc1N.COC(=O)c1ccccc1NC/C(C)=C/CC/C(C)=C/CO.COC(=O)c1ccccc1NC/C(C)=C/CC/C(C)=C/COC(C)=O.COC(=O)c1ccccc1NC/C(C)=C/CC/C(C)=C/COP(=O)([O-])OP(=O)([O-])[O-].[B-]OC(C)=O.[NH4+].[NH4+].[NH4+].[Na+]. The quantitative estimate of drug-likeness (QED) is 0.00200. The van der Waals surface area contributed by atoms with Gasteiger partial charge in [0.05, 0.1) is 71.7 Å². The van der Waals surface area contributed by atoms with Crippen molar-refractivity contribution in [3.63, 3.8) is 0 Å². The zero-order valence-corrected chi connectivity index (χ0v) is 76.9. The molecule has 4 rings (SSSR count). The number of benzene rings is 4. The number of nitrogens with two attached hydrogens (primary N) is 1. The number of esters is 6. The number of nitrogen functional groups attached to an aromatic ring is 1. The van der Waals surface area contributed by atoms with Crippen molar-refractivity contribution in [2.45, 2.75) is 141 Å². The third-order valence-electron chi connectivity index (χ3n) is 14.5. The van der Waals surface area contributed by atoms with Crippen LogP contribution in [0, 0.1) is 0 Å².